The molecule has 0 saturated carbocycles. The molecule has 0 aliphatic heterocycles. The molecule has 0 amide bonds. The number of hydrogen-bond acceptors (Lipinski definition) is 5. The number of rotatable bonds is 3. The Kier molecular flexibility index (Phi) is 4.07. The lowest BCUT2D eigenvalue weighted by molar-refractivity contribution is -0.156. The van der Waals surface area contributed by atoms with Gasteiger partial charge in [0.2, 0.25) is 0 Å². The highest BCUT2D eigenvalue weighted by Gasteiger charge is 2.23. The third-order valence-corrected chi connectivity index (χ3v) is 2.05. The van der Waals surface area contributed by atoms with E-state index in [-0.39, 0.29) is 12.0 Å². The SMILES string of the molecule is CC(C)(C)OC(=O)C(N)Cc1c[nH]c(=O)[nH]c1=O. The molecule has 18 heavy (non-hydrogen) atoms. The molecule has 1 aromatic rings. The molecule has 0 radical (unpaired) electrons. The molecule has 1 unspecified atom stereocenters. The van der Waals surface area contributed by atoms with Crippen molar-refractivity contribution in [3.63, 3.8) is 0 Å². The molecule has 0 aliphatic carbocycles. The van der Waals surface area contributed by atoms with Gasteiger partial charge in [-0.05, 0) is 20.8 Å². The largest absolute Gasteiger partial charge is 0.459 e. The van der Waals surface area contributed by atoms with E-state index in [2.05, 4.69) is 9.97 Å². The monoisotopic (exact) mass is 255 g/mol. The van der Waals surface area contributed by atoms with Crippen LogP contribution in [0.3, 0.4) is 0 Å². The lowest BCUT2D eigenvalue weighted by Gasteiger charge is -2.21. The Bertz CT molecular complexity index is 538. The molecule has 0 aromatic carbocycles. The van der Waals surface area contributed by atoms with E-state index in [9.17, 15) is 14.4 Å². The molecular weight excluding hydrogens is 238 g/mol. The van der Waals surface area contributed by atoms with E-state index >= 15 is 0 Å². The van der Waals surface area contributed by atoms with Crippen LogP contribution in [0.15, 0.2) is 15.8 Å². The molecule has 1 atom stereocenters. The van der Waals surface area contributed by atoms with E-state index in [1.54, 1.807) is 20.8 Å². The van der Waals surface area contributed by atoms with E-state index < -0.39 is 28.9 Å². The predicted molar refractivity (Wildman–Crippen MR) is 65.2 cm³/mol. The second-order valence-electron chi connectivity index (χ2n) is 4.94. The first-order valence-electron chi connectivity index (χ1n) is 5.48. The minimum absolute atomic E-state index is 0.00102. The van der Waals surface area contributed by atoms with Crippen molar-refractivity contribution in [1.82, 2.24) is 9.97 Å². The highest BCUT2D eigenvalue weighted by Crippen LogP contribution is 2.08. The summed E-state index contributed by atoms with van der Waals surface area (Å²) >= 11 is 0. The van der Waals surface area contributed by atoms with Gasteiger partial charge in [-0.25, -0.2) is 4.79 Å². The number of esters is 1. The Morgan fingerprint density at radius 3 is 2.56 bits per heavy atom. The van der Waals surface area contributed by atoms with Crippen LogP contribution in [0.2, 0.25) is 0 Å². The van der Waals surface area contributed by atoms with Crippen molar-refractivity contribution in [2.24, 2.45) is 5.73 Å². The average molecular weight is 255 g/mol. The molecule has 7 nitrogen and oxygen atoms in total. The molecular formula is C11H17N3O4. The number of carbonyl (C=O) groups excluding carboxylic acids is 1. The van der Waals surface area contributed by atoms with Crippen LogP contribution in [0.25, 0.3) is 0 Å². The van der Waals surface area contributed by atoms with Gasteiger partial charge in [-0.1, -0.05) is 0 Å². The summed E-state index contributed by atoms with van der Waals surface area (Å²) in [6, 6.07) is -0.948. The molecule has 0 aliphatic rings. The summed E-state index contributed by atoms with van der Waals surface area (Å²) in [5, 5.41) is 0. The molecule has 1 aromatic heterocycles. The summed E-state index contributed by atoms with van der Waals surface area (Å²) < 4.78 is 5.09. The Balaban J connectivity index is 2.76. The quantitative estimate of drug-likeness (QED) is 0.616. The molecule has 4 N–H and O–H groups in total. The van der Waals surface area contributed by atoms with Gasteiger partial charge in [0, 0.05) is 18.2 Å². The summed E-state index contributed by atoms with van der Waals surface area (Å²) in [5.41, 5.74) is 4.08. The topological polar surface area (TPSA) is 118 Å². The molecule has 100 valence electrons. The average Bonchev–Trinajstić information content (AvgIpc) is 2.19. The van der Waals surface area contributed by atoms with Gasteiger partial charge in [0.15, 0.2) is 0 Å². The lowest BCUT2D eigenvalue weighted by atomic mass is 10.1. The zero-order valence-electron chi connectivity index (χ0n) is 10.6. The van der Waals surface area contributed by atoms with E-state index in [0.29, 0.717) is 0 Å². The number of aromatic amines is 2. The van der Waals surface area contributed by atoms with Crippen LogP contribution < -0.4 is 17.0 Å². The molecule has 0 spiro atoms. The van der Waals surface area contributed by atoms with Gasteiger partial charge in [-0.3, -0.25) is 14.6 Å². The van der Waals surface area contributed by atoms with Crippen molar-refractivity contribution in [1.29, 1.82) is 0 Å². The van der Waals surface area contributed by atoms with E-state index in [1.807, 2.05) is 0 Å². The standard InChI is InChI=1S/C11H17N3O4/c1-11(2,3)18-9(16)7(12)4-6-5-13-10(17)14-8(6)15/h5,7H,4,12H2,1-3H3,(H2,13,14,15,17). The summed E-state index contributed by atoms with van der Waals surface area (Å²) in [7, 11) is 0. The number of nitrogens with one attached hydrogen (secondary N) is 2. The Morgan fingerprint density at radius 1 is 1.44 bits per heavy atom. The minimum atomic E-state index is -0.948. The Morgan fingerprint density at radius 2 is 2.06 bits per heavy atom. The van der Waals surface area contributed by atoms with Crippen molar-refractivity contribution >= 4 is 5.97 Å². The fourth-order valence-electron chi connectivity index (χ4n) is 1.29. The van der Waals surface area contributed by atoms with Crippen LogP contribution in [-0.2, 0) is 16.0 Å². The number of ether oxygens (including phenoxy) is 1. The number of carbonyl (C=O) groups is 1. The van der Waals surface area contributed by atoms with Gasteiger partial charge in [0.05, 0.1) is 0 Å². The zero-order chi connectivity index (χ0) is 13.9. The van der Waals surface area contributed by atoms with Crippen LogP contribution in [0.4, 0.5) is 0 Å². The van der Waals surface area contributed by atoms with Gasteiger partial charge < -0.3 is 15.5 Å². The van der Waals surface area contributed by atoms with Gasteiger partial charge in [0.1, 0.15) is 11.6 Å². The first-order valence-corrected chi connectivity index (χ1v) is 5.48. The second-order valence-corrected chi connectivity index (χ2v) is 4.94. The van der Waals surface area contributed by atoms with Gasteiger partial charge >= 0.3 is 11.7 Å². The number of aromatic nitrogens is 2. The van der Waals surface area contributed by atoms with Gasteiger partial charge in [-0.15, -0.1) is 0 Å². The molecule has 0 fully saturated rings. The molecule has 0 bridgehead atoms. The minimum Gasteiger partial charge on any atom is -0.459 e. The predicted octanol–water partition coefficient (Wildman–Crippen LogP) is -0.725. The van der Waals surface area contributed by atoms with Crippen LogP contribution in [-0.4, -0.2) is 27.6 Å². The highest BCUT2D eigenvalue weighted by atomic mass is 16.6. The number of hydrogen-bond donors (Lipinski definition) is 3. The maximum absolute atomic E-state index is 11.6. The van der Waals surface area contributed by atoms with Crippen molar-refractivity contribution in [2.45, 2.75) is 38.8 Å². The molecule has 1 rings (SSSR count). The maximum atomic E-state index is 11.6. The van der Waals surface area contributed by atoms with Crippen molar-refractivity contribution in [2.75, 3.05) is 0 Å². The summed E-state index contributed by atoms with van der Waals surface area (Å²) in [6.07, 6.45) is 1.24. The fraction of sp³-hybridized carbons (Fsp3) is 0.545. The summed E-state index contributed by atoms with van der Waals surface area (Å²) in [6.45, 7) is 5.18. The summed E-state index contributed by atoms with van der Waals surface area (Å²) in [4.78, 5) is 38.2. The van der Waals surface area contributed by atoms with Crippen LogP contribution in [0.1, 0.15) is 26.3 Å². The first kappa shape index (κ1) is 14.2. The van der Waals surface area contributed by atoms with Crippen molar-refractivity contribution in [3.8, 4) is 0 Å². The smallest absolute Gasteiger partial charge is 0.325 e. The van der Waals surface area contributed by atoms with E-state index in [4.69, 9.17) is 10.5 Å². The normalized spacial score (nSPS) is 13.1. The number of H-pyrrole nitrogens is 2. The third kappa shape index (κ3) is 4.17. The Hall–Kier alpha value is -1.89. The van der Waals surface area contributed by atoms with Crippen LogP contribution in [0.5, 0.6) is 0 Å². The van der Waals surface area contributed by atoms with E-state index in [1.165, 1.54) is 6.20 Å². The van der Waals surface area contributed by atoms with E-state index in [0.717, 1.165) is 0 Å². The highest BCUT2D eigenvalue weighted by molar-refractivity contribution is 5.76. The fourth-order valence-corrected chi connectivity index (χ4v) is 1.29. The maximum Gasteiger partial charge on any atom is 0.325 e. The van der Waals surface area contributed by atoms with Crippen molar-refractivity contribution in [3.05, 3.63) is 32.6 Å². The van der Waals surface area contributed by atoms with Crippen LogP contribution >= 0.6 is 0 Å². The zero-order valence-corrected chi connectivity index (χ0v) is 10.6. The lowest BCUT2D eigenvalue weighted by Crippen LogP contribution is -2.40. The van der Waals surface area contributed by atoms with Crippen LogP contribution in [0, 0.1) is 0 Å². The van der Waals surface area contributed by atoms with Crippen molar-refractivity contribution < 1.29 is 9.53 Å². The number of nitrogens with two attached hydrogens (primary N) is 1. The third-order valence-electron chi connectivity index (χ3n) is 2.05. The Labute approximate surface area is 103 Å². The molecule has 7 heteroatoms. The molecule has 0 saturated heterocycles. The molecule has 1 heterocycles. The first-order chi connectivity index (χ1) is 8.19. The van der Waals surface area contributed by atoms with Gasteiger partial charge in [-0.2, -0.15) is 0 Å². The summed E-state index contributed by atoms with van der Waals surface area (Å²) in [5.74, 6) is -0.590. The second kappa shape index (κ2) is 5.18. The van der Waals surface area contributed by atoms with Gasteiger partial charge in [0.25, 0.3) is 5.56 Å².